The van der Waals surface area contributed by atoms with Crippen LogP contribution >= 0.6 is 0 Å². The number of rotatable bonds is 6. The Morgan fingerprint density at radius 2 is 1.68 bits per heavy atom. The lowest BCUT2D eigenvalue weighted by Gasteiger charge is -2.19. The van der Waals surface area contributed by atoms with Gasteiger partial charge in [-0.1, -0.05) is 24.3 Å². The van der Waals surface area contributed by atoms with Crippen LogP contribution in [-0.4, -0.2) is 35.4 Å². The number of hydrogen-bond acceptors (Lipinski definition) is 7. The number of nitrogens with two attached hydrogens (primary N) is 1. The number of nitrogens with zero attached hydrogens (tertiary/aromatic N) is 6. The molecule has 0 fully saturated rings. The van der Waals surface area contributed by atoms with Gasteiger partial charge in [-0.3, -0.25) is 9.36 Å². The van der Waals surface area contributed by atoms with Crippen LogP contribution < -0.4 is 16.0 Å². The average molecular weight is 554 g/mol. The quantitative estimate of drug-likeness (QED) is 0.292. The Morgan fingerprint density at radius 3 is 2.41 bits per heavy atom. The monoisotopic (exact) mass is 553 g/mol. The van der Waals surface area contributed by atoms with Gasteiger partial charge >= 0.3 is 0 Å². The SMILES string of the molecule is CC(C)Oc1ccc(-c2nn([C@@H](C)c3nc4cccc(F)c4c(=O)n3-c3ccccc3)c3ncnc(N)c23)cc1F. The maximum Gasteiger partial charge on any atom is 0.269 e. The molecule has 0 aliphatic heterocycles. The van der Waals surface area contributed by atoms with E-state index in [0.717, 1.165) is 0 Å². The van der Waals surface area contributed by atoms with Crippen molar-refractivity contribution in [2.24, 2.45) is 0 Å². The van der Waals surface area contributed by atoms with Gasteiger partial charge in [0.1, 0.15) is 40.9 Å². The number of anilines is 1. The molecule has 3 aromatic heterocycles. The van der Waals surface area contributed by atoms with Gasteiger partial charge < -0.3 is 10.5 Å². The van der Waals surface area contributed by atoms with E-state index in [9.17, 15) is 13.6 Å². The summed E-state index contributed by atoms with van der Waals surface area (Å²) < 4.78 is 38.3. The van der Waals surface area contributed by atoms with E-state index in [1.807, 2.05) is 19.9 Å². The lowest BCUT2D eigenvalue weighted by Crippen LogP contribution is -2.28. The van der Waals surface area contributed by atoms with Crippen molar-refractivity contribution < 1.29 is 13.5 Å². The maximum absolute atomic E-state index is 15.0. The van der Waals surface area contributed by atoms with Crippen LogP contribution in [0.25, 0.3) is 38.9 Å². The van der Waals surface area contributed by atoms with Crippen molar-refractivity contribution in [1.82, 2.24) is 29.3 Å². The van der Waals surface area contributed by atoms with Crippen LogP contribution in [0.4, 0.5) is 14.6 Å². The summed E-state index contributed by atoms with van der Waals surface area (Å²) in [5, 5.41) is 5.08. The predicted molar refractivity (Wildman–Crippen MR) is 152 cm³/mol. The van der Waals surface area contributed by atoms with Gasteiger partial charge in [0.2, 0.25) is 0 Å². The van der Waals surface area contributed by atoms with Gasteiger partial charge in [0.05, 0.1) is 22.7 Å². The lowest BCUT2D eigenvalue weighted by molar-refractivity contribution is 0.231. The summed E-state index contributed by atoms with van der Waals surface area (Å²) in [5.74, 6) is -0.661. The smallest absolute Gasteiger partial charge is 0.269 e. The first-order chi connectivity index (χ1) is 19.7. The first kappa shape index (κ1) is 26.1. The van der Waals surface area contributed by atoms with E-state index in [1.54, 1.807) is 48.0 Å². The molecule has 41 heavy (non-hydrogen) atoms. The Hall–Kier alpha value is -5.19. The Bertz CT molecular complexity index is 1990. The van der Waals surface area contributed by atoms with E-state index >= 15 is 0 Å². The van der Waals surface area contributed by atoms with Gasteiger partial charge in [-0.2, -0.15) is 5.10 Å². The van der Waals surface area contributed by atoms with E-state index in [-0.39, 0.29) is 28.6 Å². The van der Waals surface area contributed by atoms with E-state index < -0.39 is 23.2 Å². The Morgan fingerprint density at radius 1 is 0.902 bits per heavy atom. The molecule has 3 aromatic carbocycles. The molecular formula is C30H25F2N7O2. The van der Waals surface area contributed by atoms with Crippen LogP contribution in [0.3, 0.4) is 0 Å². The van der Waals surface area contributed by atoms with Gasteiger partial charge in [-0.15, -0.1) is 0 Å². The minimum Gasteiger partial charge on any atom is -0.488 e. The summed E-state index contributed by atoms with van der Waals surface area (Å²) >= 11 is 0. The first-order valence-electron chi connectivity index (χ1n) is 13.0. The molecule has 9 nitrogen and oxygen atoms in total. The molecule has 2 N–H and O–H groups in total. The fraction of sp³-hybridized carbons (Fsp3) is 0.167. The van der Waals surface area contributed by atoms with E-state index in [0.29, 0.717) is 33.8 Å². The largest absolute Gasteiger partial charge is 0.488 e. The summed E-state index contributed by atoms with van der Waals surface area (Å²) in [6, 6.07) is 17.0. The molecule has 0 spiro atoms. The Kier molecular flexibility index (Phi) is 6.41. The second-order valence-electron chi connectivity index (χ2n) is 9.82. The number of halogens is 2. The van der Waals surface area contributed by atoms with E-state index in [4.69, 9.17) is 20.6 Å². The molecule has 3 heterocycles. The molecule has 0 saturated carbocycles. The van der Waals surface area contributed by atoms with Crippen molar-refractivity contribution in [3.63, 3.8) is 0 Å². The Labute approximate surface area is 232 Å². The van der Waals surface area contributed by atoms with Gasteiger partial charge in [0.15, 0.2) is 17.2 Å². The van der Waals surface area contributed by atoms with Crippen molar-refractivity contribution in [2.45, 2.75) is 32.9 Å². The average Bonchev–Trinajstić information content (AvgIpc) is 3.35. The molecule has 11 heteroatoms. The molecule has 6 aromatic rings. The minimum atomic E-state index is -0.700. The molecule has 0 amide bonds. The lowest BCUT2D eigenvalue weighted by atomic mass is 10.1. The molecule has 0 radical (unpaired) electrons. The Balaban J connectivity index is 1.59. The fourth-order valence-electron chi connectivity index (χ4n) is 4.89. The number of benzene rings is 3. The van der Waals surface area contributed by atoms with E-state index in [2.05, 4.69) is 9.97 Å². The normalized spacial score (nSPS) is 12.3. The summed E-state index contributed by atoms with van der Waals surface area (Å²) in [6.07, 6.45) is 1.10. The van der Waals surface area contributed by atoms with Crippen molar-refractivity contribution in [3.8, 4) is 22.7 Å². The topological polar surface area (TPSA) is 114 Å². The summed E-state index contributed by atoms with van der Waals surface area (Å²) in [5.41, 5.74) is 7.57. The van der Waals surface area contributed by atoms with Crippen LogP contribution in [0.5, 0.6) is 5.75 Å². The van der Waals surface area contributed by atoms with E-state index in [1.165, 1.54) is 35.2 Å². The summed E-state index contributed by atoms with van der Waals surface area (Å²) in [7, 11) is 0. The van der Waals surface area contributed by atoms with Crippen molar-refractivity contribution in [3.05, 3.63) is 101 Å². The van der Waals surface area contributed by atoms with Crippen LogP contribution in [0.1, 0.15) is 32.6 Å². The van der Waals surface area contributed by atoms with Crippen LogP contribution in [-0.2, 0) is 0 Å². The molecule has 0 unspecified atom stereocenters. The van der Waals surface area contributed by atoms with Gasteiger partial charge in [-0.25, -0.2) is 28.4 Å². The number of ether oxygens (including phenoxy) is 1. The van der Waals surface area contributed by atoms with Crippen LogP contribution in [0.2, 0.25) is 0 Å². The zero-order valence-electron chi connectivity index (χ0n) is 22.4. The maximum atomic E-state index is 15.0. The molecular weight excluding hydrogens is 528 g/mol. The van der Waals surface area contributed by atoms with Gasteiger partial charge in [0, 0.05) is 5.56 Å². The number of hydrogen-bond donors (Lipinski definition) is 1. The van der Waals surface area contributed by atoms with Crippen LogP contribution in [0.15, 0.2) is 77.9 Å². The third kappa shape index (κ3) is 4.45. The third-order valence-electron chi connectivity index (χ3n) is 6.71. The molecule has 206 valence electrons. The first-order valence-corrected chi connectivity index (χ1v) is 13.0. The zero-order valence-corrected chi connectivity index (χ0v) is 22.4. The second kappa shape index (κ2) is 10.1. The molecule has 6 rings (SSSR count). The summed E-state index contributed by atoms with van der Waals surface area (Å²) in [4.78, 5) is 27.0. The molecule has 0 aliphatic rings. The van der Waals surface area contributed by atoms with Gasteiger partial charge in [-0.05, 0) is 63.2 Å². The fourth-order valence-corrected chi connectivity index (χ4v) is 4.89. The molecule has 0 aliphatic carbocycles. The zero-order chi connectivity index (χ0) is 28.8. The van der Waals surface area contributed by atoms with Crippen molar-refractivity contribution in [2.75, 3.05) is 5.73 Å². The second-order valence-corrected chi connectivity index (χ2v) is 9.82. The van der Waals surface area contributed by atoms with Crippen LogP contribution in [0, 0.1) is 11.6 Å². The third-order valence-corrected chi connectivity index (χ3v) is 6.71. The molecule has 1 atom stereocenters. The number of aromatic nitrogens is 6. The van der Waals surface area contributed by atoms with Crippen molar-refractivity contribution >= 4 is 27.8 Å². The highest BCUT2D eigenvalue weighted by atomic mass is 19.1. The van der Waals surface area contributed by atoms with Crippen molar-refractivity contribution in [1.29, 1.82) is 0 Å². The highest BCUT2D eigenvalue weighted by molar-refractivity contribution is 5.98. The highest BCUT2D eigenvalue weighted by Crippen LogP contribution is 2.35. The highest BCUT2D eigenvalue weighted by Gasteiger charge is 2.26. The molecule has 0 saturated heterocycles. The summed E-state index contributed by atoms with van der Waals surface area (Å²) in [6.45, 7) is 5.42. The number of fused-ring (bicyclic) bond motifs is 2. The van der Waals surface area contributed by atoms with Gasteiger partial charge in [0.25, 0.3) is 5.56 Å². The number of para-hydroxylation sites is 1. The number of nitrogen functional groups attached to an aromatic ring is 1. The molecule has 0 bridgehead atoms. The predicted octanol–water partition coefficient (Wildman–Crippen LogP) is 5.45. The standard InChI is InChI=1S/C30H25F2N7O2/c1-16(2)41-23-13-12-18(14-21(23)32)26-25-27(33)34-15-35-29(25)39(37-26)17(3)28-36-22-11-7-10-20(31)24(22)30(40)38(28)19-8-5-4-6-9-19/h4-17H,1-3H3,(H2,33,34,35)/t17-/m0/s1. The minimum absolute atomic E-state index is 0.115.